The molecule has 5 heteroatoms. The summed E-state index contributed by atoms with van der Waals surface area (Å²) in [6.45, 7) is 0.840. The first kappa shape index (κ1) is 11.4. The van der Waals surface area contributed by atoms with Gasteiger partial charge in [0.1, 0.15) is 0 Å². The quantitative estimate of drug-likeness (QED) is 0.743. The van der Waals surface area contributed by atoms with Gasteiger partial charge >= 0.3 is 0 Å². The second kappa shape index (κ2) is 3.71. The molecule has 0 spiro atoms. The predicted octanol–water partition coefficient (Wildman–Crippen LogP) is -0.0133. The zero-order chi connectivity index (χ0) is 11.1. The van der Waals surface area contributed by atoms with Crippen molar-refractivity contribution in [3.8, 4) is 0 Å². The molecule has 1 unspecified atom stereocenters. The van der Waals surface area contributed by atoms with Crippen molar-refractivity contribution >= 4 is 9.84 Å². The molecule has 0 radical (unpaired) electrons. The van der Waals surface area contributed by atoms with Gasteiger partial charge in [-0.05, 0) is 32.7 Å². The average molecular weight is 232 g/mol. The van der Waals surface area contributed by atoms with E-state index < -0.39 is 9.84 Å². The van der Waals surface area contributed by atoms with Gasteiger partial charge in [0, 0.05) is 18.1 Å². The topological polar surface area (TPSA) is 63.4 Å². The number of sulfone groups is 1. The Morgan fingerprint density at radius 3 is 2.53 bits per heavy atom. The van der Waals surface area contributed by atoms with E-state index in [1.54, 1.807) is 0 Å². The summed E-state index contributed by atoms with van der Waals surface area (Å²) in [6, 6.07) is 0.191. The fourth-order valence-corrected chi connectivity index (χ4v) is 4.34. The standard InChI is InChI=1S/C10H20N2O2S/c1-12(8-10(11)4-2-5-10)9-3-6-15(13,14)7-9/h9H,2-8,11H2,1H3. The van der Waals surface area contributed by atoms with Crippen molar-refractivity contribution in [2.24, 2.45) is 5.73 Å². The van der Waals surface area contributed by atoms with Crippen molar-refractivity contribution < 1.29 is 8.42 Å². The largest absolute Gasteiger partial charge is 0.324 e. The summed E-state index contributed by atoms with van der Waals surface area (Å²) in [5.41, 5.74) is 6.11. The van der Waals surface area contributed by atoms with Gasteiger partial charge in [0.2, 0.25) is 0 Å². The fraction of sp³-hybridized carbons (Fsp3) is 1.00. The number of nitrogens with two attached hydrogens (primary N) is 1. The third kappa shape index (κ3) is 2.52. The van der Waals surface area contributed by atoms with Crippen LogP contribution in [0.15, 0.2) is 0 Å². The zero-order valence-corrected chi connectivity index (χ0v) is 10.1. The molecule has 2 fully saturated rings. The second-order valence-electron chi connectivity index (χ2n) is 5.19. The number of rotatable bonds is 3. The van der Waals surface area contributed by atoms with Crippen LogP contribution in [0.4, 0.5) is 0 Å². The van der Waals surface area contributed by atoms with Crippen LogP contribution in [0.1, 0.15) is 25.7 Å². The molecule has 1 aliphatic heterocycles. The summed E-state index contributed by atoms with van der Waals surface area (Å²) >= 11 is 0. The molecule has 1 heterocycles. The Morgan fingerprint density at radius 1 is 1.47 bits per heavy atom. The van der Waals surface area contributed by atoms with E-state index >= 15 is 0 Å². The first-order chi connectivity index (χ1) is 6.90. The Labute approximate surface area is 91.7 Å². The van der Waals surface area contributed by atoms with Gasteiger partial charge in [-0.15, -0.1) is 0 Å². The minimum Gasteiger partial charge on any atom is -0.324 e. The molecule has 1 saturated heterocycles. The second-order valence-corrected chi connectivity index (χ2v) is 7.42. The normalized spacial score (nSPS) is 32.9. The van der Waals surface area contributed by atoms with Gasteiger partial charge in [-0.25, -0.2) is 8.42 Å². The molecule has 0 aromatic carbocycles. The van der Waals surface area contributed by atoms with Crippen LogP contribution in [-0.4, -0.2) is 50.0 Å². The molecule has 0 amide bonds. The van der Waals surface area contributed by atoms with Gasteiger partial charge in [-0.3, -0.25) is 0 Å². The molecule has 2 aliphatic rings. The molecule has 1 saturated carbocycles. The number of likely N-dealkylation sites (N-methyl/N-ethyl adjacent to an activating group) is 1. The van der Waals surface area contributed by atoms with Crippen LogP contribution >= 0.6 is 0 Å². The molecular formula is C10H20N2O2S. The predicted molar refractivity (Wildman–Crippen MR) is 60.5 cm³/mol. The number of nitrogens with zero attached hydrogens (tertiary/aromatic N) is 1. The fourth-order valence-electron chi connectivity index (χ4n) is 2.54. The Bertz CT molecular complexity index is 335. The Kier molecular flexibility index (Phi) is 2.81. The third-order valence-electron chi connectivity index (χ3n) is 3.75. The molecule has 1 atom stereocenters. The molecular weight excluding hydrogens is 212 g/mol. The lowest BCUT2D eigenvalue weighted by Crippen LogP contribution is -2.56. The van der Waals surface area contributed by atoms with Crippen molar-refractivity contribution in [2.45, 2.75) is 37.3 Å². The molecule has 0 aromatic rings. The molecule has 88 valence electrons. The minimum absolute atomic E-state index is 0.0406. The number of hydrogen-bond acceptors (Lipinski definition) is 4. The lowest BCUT2D eigenvalue weighted by molar-refractivity contribution is 0.140. The van der Waals surface area contributed by atoms with Crippen LogP contribution in [-0.2, 0) is 9.84 Å². The van der Waals surface area contributed by atoms with Crippen molar-refractivity contribution in [2.75, 3.05) is 25.1 Å². The van der Waals surface area contributed by atoms with Crippen molar-refractivity contribution in [3.63, 3.8) is 0 Å². The van der Waals surface area contributed by atoms with Crippen molar-refractivity contribution in [1.82, 2.24) is 4.90 Å². The van der Waals surface area contributed by atoms with E-state index in [-0.39, 0.29) is 11.6 Å². The molecule has 1 aliphatic carbocycles. The molecule has 15 heavy (non-hydrogen) atoms. The van der Waals surface area contributed by atoms with Crippen LogP contribution in [0.25, 0.3) is 0 Å². The number of hydrogen-bond donors (Lipinski definition) is 1. The van der Waals surface area contributed by atoms with Gasteiger partial charge in [0.15, 0.2) is 9.84 Å². The summed E-state index contributed by atoms with van der Waals surface area (Å²) in [4.78, 5) is 2.14. The maximum Gasteiger partial charge on any atom is 0.151 e. The molecule has 0 aromatic heterocycles. The highest BCUT2D eigenvalue weighted by Crippen LogP contribution is 2.30. The summed E-state index contributed by atoms with van der Waals surface area (Å²) < 4.78 is 22.7. The van der Waals surface area contributed by atoms with Gasteiger partial charge < -0.3 is 10.6 Å². The van der Waals surface area contributed by atoms with Gasteiger partial charge in [0.05, 0.1) is 11.5 Å². The van der Waals surface area contributed by atoms with Gasteiger partial charge in [0.25, 0.3) is 0 Å². The van der Waals surface area contributed by atoms with E-state index in [2.05, 4.69) is 4.90 Å². The summed E-state index contributed by atoms with van der Waals surface area (Å²) in [6.07, 6.45) is 4.15. The van der Waals surface area contributed by atoms with E-state index in [4.69, 9.17) is 5.73 Å². The van der Waals surface area contributed by atoms with Crippen LogP contribution in [0.5, 0.6) is 0 Å². The van der Waals surface area contributed by atoms with Crippen LogP contribution in [0.2, 0.25) is 0 Å². The average Bonchev–Trinajstić information content (AvgIpc) is 2.43. The van der Waals surface area contributed by atoms with E-state index in [0.717, 1.165) is 25.8 Å². The molecule has 0 bridgehead atoms. The Morgan fingerprint density at radius 2 is 2.13 bits per heavy atom. The minimum atomic E-state index is -2.77. The highest BCUT2D eigenvalue weighted by Gasteiger charge is 2.37. The van der Waals surface area contributed by atoms with E-state index in [1.165, 1.54) is 6.42 Å². The van der Waals surface area contributed by atoms with E-state index in [1.807, 2.05) is 7.05 Å². The van der Waals surface area contributed by atoms with Crippen LogP contribution < -0.4 is 5.73 Å². The van der Waals surface area contributed by atoms with E-state index in [0.29, 0.717) is 11.5 Å². The lowest BCUT2D eigenvalue weighted by Gasteiger charge is -2.42. The third-order valence-corrected chi connectivity index (χ3v) is 5.50. The first-order valence-corrected chi connectivity index (χ1v) is 7.42. The maximum atomic E-state index is 11.3. The highest BCUT2D eigenvalue weighted by molar-refractivity contribution is 7.91. The van der Waals surface area contributed by atoms with Crippen LogP contribution in [0, 0.1) is 0 Å². The Hall–Kier alpha value is -0.130. The highest BCUT2D eigenvalue weighted by atomic mass is 32.2. The van der Waals surface area contributed by atoms with Crippen molar-refractivity contribution in [3.05, 3.63) is 0 Å². The first-order valence-electron chi connectivity index (χ1n) is 5.60. The zero-order valence-electron chi connectivity index (χ0n) is 9.28. The molecule has 2 rings (SSSR count). The summed E-state index contributed by atoms with van der Waals surface area (Å²) in [7, 11) is -0.769. The Balaban J connectivity index is 1.89. The van der Waals surface area contributed by atoms with E-state index in [9.17, 15) is 8.42 Å². The summed E-state index contributed by atoms with van der Waals surface area (Å²) in [5, 5.41) is 0. The van der Waals surface area contributed by atoms with Crippen molar-refractivity contribution in [1.29, 1.82) is 0 Å². The van der Waals surface area contributed by atoms with Gasteiger partial charge in [-0.2, -0.15) is 0 Å². The van der Waals surface area contributed by atoms with Crippen LogP contribution in [0.3, 0.4) is 0 Å². The SMILES string of the molecule is CN(CC1(N)CCC1)C1CCS(=O)(=O)C1. The smallest absolute Gasteiger partial charge is 0.151 e. The molecule has 4 nitrogen and oxygen atoms in total. The lowest BCUT2D eigenvalue weighted by atomic mass is 9.77. The maximum absolute atomic E-state index is 11.3. The summed E-state index contributed by atoms with van der Waals surface area (Å²) in [5.74, 6) is 0.666. The molecule has 2 N–H and O–H groups in total. The van der Waals surface area contributed by atoms with Gasteiger partial charge in [-0.1, -0.05) is 0 Å². The monoisotopic (exact) mass is 232 g/mol.